The van der Waals surface area contributed by atoms with Gasteiger partial charge in [-0.15, -0.1) is 0 Å². The minimum Gasteiger partial charge on any atom is -0.480 e. The van der Waals surface area contributed by atoms with Gasteiger partial charge in [0, 0.05) is 24.8 Å². The van der Waals surface area contributed by atoms with Gasteiger partial charge in [0.15, 0.2) is 5.81 Å². The lowest BCUT2D eigenvalue weighted by molar-refractivity contribution is -0.139. The molecule has 0 aromatic heterocycles. The second kappa shape index (κ2) is 7.93. The summed E-state index contributed by atoms with van der Waals surface area (Å²) in [7, 11) is 6.65. The monoisotopic (exact) mass is 289 g/mol. The Bertz CT molecular complexity index is 519. The summed E-state index contributed by atoms with van der Waals surface area (Å²) in [6.07, 6.45) is -0.0935. The van der Waals surface area contributed by atoms with E-state index in [1.807, 2.05) is 0 Å². The molecule has 2 amide bonds. The first-order chi connectivity index (χ1) is 9.92. The number of hydrogen-bond donors (Lipinski definition) is 4. The molecule has 1 atom stereocenters. The van der Waals surface area contributed by atoms with Crippen LogP contribution in [0.25, 0.3) is 0 Å². The molecule has 0 fully saturated rings. The molecule has 0 bridgehead atoms. The molecule has 1 aromatic carbocycles. The SMILES string of the molecule is [B]C(=O)NC(CCC(=O)Nc1ccc(NC)cc1)C(=O)O. The van der Waals surface area contributed by atoms with Crippen LogP contribution in [0.1, 0.15) is 12.8 Å². The van der Waals surface area contributed by atoms with Crippen molar-refractivity contribution < 1.29 is 19.5 Å². The molecule has 2 radical (unpaired) electrons. The molecule has 1 rings (SSSR count). The predicted molar refractivity (Wildman–Crippen MR) is 79.6 cm³/mol. The van der Waals surface area contributed by atoms with Gasteiger partial charge in [-0.1, -0.05) is 0 Å². The number of nitrogens with one attached hydrogen (secondary N) is 3. The Kier molecular flexibility index (Phi) is 6.25. The molecular formula is C13H16BN3O4. The van der Waals surface area contributed by atoms with Crippen LogP contribution < -0.4 is 16.0 Å². The summed E-state index contributed by atoms with van der Waals surface area (Å²) in [4.78, 5) is 33.2. The van der Waals surface area contributed by atoms with Crippen molar-refractivity contribution in [3.05, 3.63) is 24.3 Å². The lowest BCUT2D eigenvalue weighted by Gasteiger charge is -2.13. The number of hydrogen-bond acceptors (Lipinski definition) is 4. The average molecular weight is 289 g/mol. The zero-order valence-electron chi connectivity index (χ0n) is 11.6. The van der Waals surface area contributed by atoms with E-state index in [-0.39, 0.29) is 18.7 Å². The van der Waals surface area contributed by atoms with Crippen LogP contribution in [0.4, 0.5) is 16.2 Å². The molecule has 1 aromatic rings. The van der Waals surface area contributed by atoms with Gasteiger partial charge in [-0.2, -0.15) is 0 Å². The Morgan fingerprint density at radius 1 is 1.19 bits per heavy atom. The Morgan fingerprint density at radius 3 is 2.24 bits per heavy atom. The number of carbonyl (C=O) groups is 3. The zero-order valence-corrected chi connectivity index (χ0v) is 11.6. The predicted octanol–water partition coefficient (Wildman–Crippen LogP) is 0.778. The van der Waals surface area contributed by atoms with E-state index in [9.17, 15) is 14.4 Å². The van der Waals surface area contributed by atoms with E-state index in [1.54, 1.807) is 31.3 Å². The highest BCUT2D eigenvalue weighted by atomic mass is 16.4. The molecule has 0 aliphatic rings. The third kappa shape index (κ3) is 5.98. The van der Waals surface area contributed by atoms with Gasteiger partial charge in [0.05, 0.1) is 0 Å². The fourth-order valence-electron chi connectivity index (χ4n) is 1.65. The molecule has 0 aliphatic heterocycles. The maximum absolute atomic E-state index is 11.7. The molecule has 7 nitrogen and oxygen atoms in total. The van der Waals surface area contributed by atoms with E-state index in [2.05, 4.69) is 16.0 Å². The van der Waals surface area contributed by atoms with Gasteiger partial charge in [0.25, 0.3) is 0 Å². The van der Waals surface area contributed by atoms with Gasteiger partial charge in [0.1, 0.15) is 6.04 Å². The number of carbonyl (C=O) groups excluding carboxylic acids is 2. The van der Waals surface area contributed by atoms with E-state index < -0.39 is 17.8 Å². The van der Waals surface area contributed by atoms with Crippen molar-refractivity contribution in [1.82, 2.24) is 5.32 Å². The van der Waals surface area contributed by atoms with Crippen molar-refractivity contribution in [2.24, 2.45) is 0 Å². The van der Waals surface area contributed by atoms with Crippen LogP contribution in [0.15, 0.2) is 24.3 Å². The van der Waals surface area contributed by atoms with Crippen molar-refractivity contribution in [1.29, 1.82) is 0 Å². The van der Waals surface area contributed by atoms with Crippen molar-refractivity contribution >= 4 is 36.9 Å². The van der Waals surface area contributed by atoms with Gasteiger partial charge in [-0.3, -0.25) is 9.59 Å². The topological polar surface area (TPSA) is 108 Å². The minimum atomic E-state index is -1.24. The second-order valence-corrected chi connectivity index (χ2v) is 4.31. The number of carboxylic acid groups (broad SMARTS) is 1. The van der Waals surface area contributed by atoms with Crippen LogP contribution >= 0.6 is 0 Å². The highest BCUT2D eigenvalue weighted by Gasteiger charge is 2.19. The first kappa shape index (κ1) is 16.5. The van der Waals surface area contributed by atoms with Crippen LogP contribution in [0, 0.1) is 0 Å². The van der Waals surface area contributed by atoms with Crippen LogP contribution in [0.3, 0.4) is 0 Å². The minimum absolute atomic E-state index is 0.0430. The number of aliphatic carboxylic acids is 1. The molecule has 0 saturated carbocycles. The van der Waals surface area contributed by atoms with Gasteiger partial charge in [0.2, 0.25) is 13.8 Å². The molecule has 0 heterocycles. The Balaban J connectivity index is 2.48. The summed E-state index contributed by atoms with van der Waals surface area (Å²) in [5, 5.41) is 16.5. The van der Waals surface area contributed by atoms with Gasteiger partial charge < -0.3 is 21.1 Å². The summed E-state index contributed by atoms with van der Waals surface area (Å²) in [6, 6.07) is 5.86. The van der Waals surface area contributed by atoms with Crippen LogP contribution in [-0.2, 0) is 9.59 Å². The summed E-state index contributed by atoms with van der Waals surface area (Å²) in [5.74, 6) is -2.52. The molecule has 1 unspecified atom stereocenters. The molecule has 0 saturated heterocycles. The summed E-state index contributed by atoms with van der Waals surface area (Å²) < 4.78 is 0. The van der Waals surface area contributed by atoms with E-state index in [1.165, 1.54) is 0 Å². The van der Waals surface area contributed by atoms with Crippen LogP contribution in [0.2, 0.25) is 0 Å². The highest BCUT2D eigenvalue weighted by molar-refractivity contribution is 6.57. The summed E-state index contributed by atoms with van der Waals surface area (Å²) >= 11 is 0. The standard InChI is InChI=1S/C13H16BN3O4/c1-15-8-2-4-9(5-3-8)16-11(18)7-6-10(12(19)20)17-13(14)21/h2-5,10,15H,6-7H2,1H3,(H,16,18)(H,17,21)(H,19,20). The number of amides is 2. The molecule has 4 N–H and O–H groups in total. The maximum atomic E-state index is 11.7. The van der Waals surface area contributed by atoms with E-state index in [4.69, 9.17) is 13.0 Å². The van der Waals surface area contributed by atoms with Crippen molar-refractivity contribution in [2.75, 3.05) is 17.7 Å². The molecule has 0 aliphatic carbocycles. The third-order valence-electron chi connectivity index (χ3n) is 2.73. The van der Waals surface area contributed by atoms with E-state index in [0.717, 1.165) is 5.69 Å². The highest BCUT2D eigenvalue weighted by Crippen LogP contribution is 2.13. The zero-order chi connectivity index (χ0) is 15.8. The van der Waals surface area contributed by atoms with Crippen LogP contribution in [-0.4, -0.2) is 43.7 Å². The van der Waals surface area contributed by atoms with Crippen molar-refractivity contribution in [2.45, 2.75) is 18.9 Å². The summed E-state index contributed by atoms with van der Waals surface area (Å²) in [5.41, 5.74) is 1.51. The van der Waals surface area contributed by atoms with E-state index >= 15 is 0 Å². The Hall–Kier alpha value is -2.51. The smallest absolute Gasteiger partial charge is 0.326 e. The molecule has 110 valence electrons. The molecule has 8 heteroatoms. The number of anilines is 2. The number of benzene rings is 1. The fourth-order valence-corrected chi connectivity index (χ4v) is 1.65. The fraction of sp³-hybridized carbons (Fsp3) is 0.308. The lowest BCUT2D eigenvalue weighted by atomic mass is 10.1. The number of carboxylic acids is 1. The Labute approximate surface area is 123 Å². The van der Waals surface area contributed by atoms with Gasteiger partial charge in [-0.25, -0.2) is 4.79 Å². The normalized spacial score (nSPS) is 11.3. The molecule has 21 heavy (non-hydrogen) atoms. The third-order valence-corrected chi connectivity index (χ3v) is 2.73. The van der Waals surface area contributed by atoms with Crippen molar-refractivity contribution in [3.8, 4) is 0 Å². The van der Waals surface area contributed by atoms with Gasteiger partial charge >= 0.3 is 5.97 Å². The second-order valence-electron chi connectivity index (χ2n) is 4.31. The largest absolute Gasteiger partial charge is 0.480 e. The van der Waals surface area contributed by atoms with Gasteiger partial charge in [-0.05, 0) is 30.7 Å². The van der Waals surface area contributed by atoms with Crippen molar-refractivity contribution in [3.63, 3.8) is 0 Å². The first-order valence-corrected chi connectivity index (χ1v) is 6.29. The van der Waals surface area contributed by atoms with E-state index in [0.29, 0.717) is 5.69 Å². The van der Waals surface area contributed by atoms with Crippen LogP contribution in [0.5, 0.6) is 0 Å². The molecule has 0 spiro atoms. The Morgan fingerprint density at radius 2 is 1.76 bits per heavy atom. The quantitative estimate of drug-likeness (QED) is 0.555. The first-order valence-electron chi connectivity index (χ1n) is 6.29. The average Bonchev–Trinajstić information content (AvgIpc) is 2.43. The summed E-state index contributed by atoms with van der Waals surface area (Å²) in [6.45, 7) is 0. The number of rotatable bonds is 7. The maximum Gasteiger partial charge on any atom is 0.326 e. The molecular weight excluding hydrogens is 273 g/mol. The lowest BCUT2D eigenvalue weighted by Crippen LogP contribution is -2.40.